The molecule has 0 saturated heterocycles. The van der Waals surface area contributed by atoms with Gasteiger partial charge >= 0.3 is 0 Å². The fourth-order valence-corrected chi connectivity index (χ4v) is 1.88. The highest BCUT2D eigenvalue weighted by Crippen LogP contribution is 2.10. The van der Waals surface area contributed by atoms with E-state index in [-0.39, 0.29) is 0 Å². The van der Waals surface area contributed by atoms with E-state index in [0.717, 1.165) is 31.9 Å². The van der Waals surface area contributed by atoms with E-state index in [1.165, 1.54) is 18.4 Å². The second-order valence-electron chi connectivity index (χ2n) is 5.54. The van der Waals surface area contributed by atoms with Crippen LogP contribution in [0, 0.1) is 5.92 Å². The normalized spacial score (nSPS) is 11.7. The predicted molar refractivity (Wildman–Crippen MR) is 76.5 cm³/mol. The van der Waals surface area contributed by atoms with Gasteiger partial charge in [-0.2, -0.15) is 0 Å². The summed E-state index contributed by atoms with van der Waals surface area (Å²) in [5, 5.41) is 3.43. The van der Waals surface area contributed by atoms with Crippen molar-refractivity contribution >= 4 is 0 Å². The van der Waals surface area contributed by atoms with Gasteiger partial charge in [-0.05, 0) is 38.5 Å². The molecule has 104 valence electrons. The molecule has 0 aromatic carbocycles. The maximum Gasteiger partial charge on any atom is 0.118 e. The van der Waals surface area contributed by atoms with E-state index in [4.69, 9.17) is 4.42 Å². The van der Waals surface area contributed by atoms with Crippen LogP contribution in [0.2, 0.25) is 0 Å². The maximum absolute atomic E-state index is 5.59. The summed E-state index contributed by atoms with van der Waals surface area (Å²) >= 11 is 0. The van der Waals surface area contributed by atoms with E-state index in [9.17, 15) is 0 Å². The maximum atomic E-state index is 5.59. The molecule has 0 atom stereocenters. The molecule has 0 saturated carbocycles. The number of nitrogens with one attached hydrogen (secondary N) is 1. The highest BCUT2D eigenvalue weighted by Gasteiger charge is 2.05. The molecular weight excluding hydrogens is 224 g/mol. The van der Waals surface area contributed by atoms with Gasteiger partial charge in [-0.25, -0.2) is 0 Å². The van der Waals surface area contributed by atoms with Gasteiger partial charge in [-0.15, -0.1) is 0 Å². The van der Waals surface area contributed by atoms with Gasteiger partial charge in [0.15, 0.2) is 0 Å². The number of furan rings is 1. The number of hydrogen-bond acceptors (Lipinski definition) is 3. The second kappa shape index (κ2) is 8.33. The Labute approximate surface area is 112 Å². The Balaban J connectivity index is 2.29. The molecule has 0 aliphatic carbocycles. The van der Waals surface area contributed by atoms with Crippen LogP contribution in [-0.2, 0) is 13.1 Å². The van der Waals surface area contributed by atoms with Crippen LogP contribution in [0.5, 0.6) is 0 Å². The standard InChI is InChI=1S/C15H28N2O/c1-5-6-7-17(4)11-15-8-14(12-18-15)10-16-9-13(2)3/h8,12-13,16H,5-7,9-11H2,1-4H3. The summed E-state index contributed by atoms with van der Waals surface area (Å²) in [5.74, 6) is 1.76. The smallest absolute Gasteiger partial charge is 0.118 e. The number of rotatable bonds is 9. The van der Waals surface area contributed by atoms with Gasteiger partial charge in [-0.3, -0.25) is 4.90 Å². The molecule has 0 aliphatic rings. The van der Waals surface area contributed by atoms with Crippen LogP contribution in [0.15, 0.2) is 16.7 Å². The monoisotopic (exact) mass is 252 g/mol. The largest absolute Gasteiger partial charge is 0.468 e. The molecule has 0 unspecified atom stereocenters. The molecule has 18 heavy (non-hydrogen) atoms. The summed E-state index contributed by atoms with van der Waals surface area (Å²) < 4.78 is 5.59. The lowest BCUT2D eigenvalue weighted by Crippen LogP contribution is -2.19. The van der Waals surface area contributed by atoms with E-state index in [1.807, 2.05) is 6.26 Å². The number of hydrogen-bond donors (Lipinski definition) is 1. The summed E-state index contributed by atoms with van der Waals surface area (Å²) in [5.41, 5.74) is 1.24. The van der Waals surface area contributed by atoms with E-state index in [1.54, 1.807) is 0 Å². The Morgan fingerprint density at radius 2 is 2.17 bits per heavy atom. The third-order valence-electron chi connectivity index (χ3n) is 2.91. The molecule has 1 rings (SSSR count). The molecule has 0 amide bonds. The van der Waals surface area contributed by atoms with Crippen molar-refractivity contribution in [3.63, 3.8) is 0 Å². The van der Waals surface area contributed by atoms with Crippen LogP contribution in [0.25, 0.3) is 0 Å². The van der Waals surface area contributed by atoms with Gasteiger partial charge in [0.05, 0.1) is 12.8 Å². The van der Waals surface area contributed by atoms with Crippen molar-refractivity contribution in [2.75, 3.05) is 20.1 Å². The molecule has 0 spiro atoms. The highest BCUT2D eigenvalue weighted by molar-refractivity contribution is 5.12. The first-order valence-corrected chi connectivity index (χ1v) is 7.07. The predicted octanol–water partition coefficient (Wildman–Crippen LogP) is 3.26. The van der Waals surface area contributed by atoms with Crippen LogP contribution >= 0.6 is 0 Å². The van der Waals surface area contributed by atoms with E-state index >= 15 is 0 Å². The first-order valence-electron chi connectivity index (χ1n) is 7.07. The summed E-state index contributed by atoms with van der Waals surface area (Å²) in [6.45, 7) is 10.7. The summed E-state index contributed by atoms with van der Waals surface area (Å²) in [7, 11) is 2.15. The Bertz CT molecular complexity index is 320. The Morgan fingerprint density at radius 3 is 2.83 bits per heavy atom. The zero-order chi connectivity index (χ0) is 13.4. The SMILES string of the molecule is CCCCN(C)Cc1cc(CNCC(C)C)co1. The minimum Gasteiger partial charge on any atom is -0.468 e. The third-order valence-corrected chi connectivity index (χ3v) is 2.91. The lowest BCUT2D eigenvalue weighted by Gasteiger charge is -2.13. The fraction of sp³-hybridized carbons (Fsp3) is 0.733. The molecule has 0 radical (unpaired) electrons. The molecular formula is C15H28N2O. The molecule has 0 aliphatic heterocycles. The average Bonchev–Trinajstić information content (AvgIpc) is 2.73. The van der Waals surface area contributed by atoms with Crippen LogP contribution in [-0.4, -0.2) is 25.0 Å². The Kier molecular flexibility index (Phi) is 7.06. The first kappa shape index (κ1) is 15.3. The van der Waals surface area contributed by atoms with Crippen LogP contribution in [0.1, 0.15) is 44.9 Å². The molecule has 1 heterocycles. The van der Waals surface area contributed by atoms with Crippen molar-refractivity contribution in [1.82, 2.24) is 10.2 Å². The lowest BCUT2D eigenvalue weighted by atomic mass is 10.2. The zero-order valence-electron chi connectivity index (χ0n) is 12.3. The molecule has 0 fully saturated rings. The Morgan fingerprint density at radius 1 is 1.39 bits per heavy atom. The Hall–Kier alpha value is -0.800. The fourth-order valence-electron chi connectivity index (χ4n) is 1.88. The van der Waals surface area contributed by atoms with Crippen molar-refractivity contribution < 1.29 is 4.42 Å². The number of nitrogens with zero attached hydrogens (tertiary/aromatic N) is 1. The van der Waals surface area contributed by atoms with Gasteiger partial charge in [-0.1, -0.05) is 27.2 Å². The minimum absolute atomic E-state index is 0.691. The number of unbranched alkanes of at least 4 members (excludes halogenated alkanes) is 1. The molecule has 3 heteroatoms. The van der Waals surface area contributed by atoms with Gasteiger partial charge in [0.25, 0.3) is 0 Å². The van der Waals surface area contributed by atoms with Crippen molar-refractivity contribution in [3.8, 4) is 0 Å². The average molecular weight is 252 g/mol. The topological polar surface area (TPSA) is 28.4 Å². The van der Waals surface area contributed by atoms with Crippen molar-refractivity contribution in [1.29, 1.82) is 0 Å². The quantitative estimate of drug-likeness (QED) is 0.731. The van der Waals surface area contributed by atoms with Crippen molar-refractivity contribution in [3.05, 3.63) is 23.7 Å². The van der Waals surface area contributed by atoms with Crippen LogP contribution in [0.4, 0.5) is 0 Å². The molecule has 0 bridgehead atoms. The summed E-state index contributed by atoms with van der Waals surface area (Å²) in [4.78, 5) is 2.31. The zero-order valence-corrected chi connectivity index (χ0v) is 12.3. The van der Waals surface area contributed by atoms with Gasteiger partial charge in [0.2, 0.25) is 0 Å². The van der Waals surface area contributed by atoms with Gasteiger partial charge < -0.3 is 9.73 Å². The third kappa shape index (κ3) is 6.22. The minimum atomic E-state index is 0.691. The summed E-state index contributed by atoms with van der Waals surface area (Å²) in [6, 6.07) is 2.16. The summed E-state index contributed by atoms with van der Waals surface area (Å²) in [6.07, 6.45) is 4.36. The van der Waals surface area contributed by atoms with Crippen LogP contribution < -0.4 is 5.32 Å². The molecule has 1 N–H and O–H groups in total. The van der Waals surface area contributed by atoms with E-state index in [2.05, 4.69) is 44.1 Å². The van der Waals surface area contributed by atoms with E-state index in [0.29, 0.717) is 5.92 Å². The lowest BCUT2D eigenvalue weighted by molar-refractivity contribution is 0.290. The van der Waals surface area contributed by atoms with Crippen LogP contribution in [0.3, 0.4) is 0 Å². The van der Waals surface area contributed by atoms with Gasteiger partial charge in [0.1, 0.15) is 5.76 Å². The van der Waals surface area contributed by atoms with Gasteiger partial charge in [0, 0.05) is 12.1 Å². The molecule has 1 aromatic heterocycles. The molecule has 3 nitrogen and oxygen atoms in total. The first-order chi connectivity index (χ1) is 8.61. The highest BCUT2D eigenvalue weighted by atomic mass is 16.3. The second-order valence-corrected chi connectivity index (χ2v) is 5.54. The van der Waals surface area contributed by atoms with Crippen molar-refractivity contribution in [2.24, 2.45) is 5.92 Å². The molecule has 1 aromatic rings. The van der Waals surface area contributed by atoms with E-state index < -0.39 is 0 Å². The van der Waals surface area contributed by atoms with Crippen molar-refractivity contribution in [2.45, 2.75) is 46.7 Å².